The molecule has 1 saturated heterocycles. The Labute approximate surface area is 176 Å². The van der Waals surface area contributed by atoms with Gasteiger partial charge in [-0.05, 0) is 37.1 Å². The van der Waals surface area contributed by atoms with Gasteiger partial charge in [0.1, 0.15) is 5.75 Å². The summed E-state index contributed by atoms with van der Waals surface area (Å²) in [5.74, 6) is -0.0201. The number of amides is 3. The minimum Gasteiger partial charge on any atom is -0.497 e. The predicted molar refractivity (Wildman–Crippen MR) is 116 cm³/mol. The topological polar surface area (TPSA) is 87.7 Å². The molecule has 7 heteroatoms. The number of nitrogens with zero attached hydrogens (tertiary/aromatic N) is 1. The standard InChI is InChI=1S/C23H27N3O4/c1-30-18-10-8-9-17(15-18)24-23(29)19-11-5-6-12-20(19)25-21(27)16-26-14-7-3-2-4-13-22(26)28/h5-6,8-12,15H,2-4,7,13-14,16H2,1H3,(H,24,29)(H,25,27). The molecule has 0 bridgehead atoms. The number of methoxy groups -OCH3 is 1. The van der Waals surface area contributed by atoms with Gasteiger partial charge in [-0.3, -0.25) is 14.4 Å². The first-order valence-electron chi connectivity index (χ1n) is 10.2. The third kappa shape index (κ3) is 5.83. The summed E-state index contributed by atoms with van der Waals surface area (Å²) in [5, 5.41) is 5.60. The maximum atomic E-state index is 12.8. The zero-order chi connectivity index (χ0) is 21.3. The lowest BCUT2D eigenvalue weighted by molar-refractivity contribution is -0.135. The molecule has 0 spiro atoms. The lowest BCUT2D eigenvalue weighted by Gasteiger charge is -2.24. The highest BCUT2D eigenvalue weighted by Gasteiger charge is 2.20. The molecule has 30 heavy (non-hydrogen) atoms. The van der Waals surface area contributed by atoms with E-state index in [4.69, 9.17) is 4.74 Å². The number of hydrogen-bond acceptors (Lipinski definition) is 4. The fourth-order valence-corrected chi connectivity index (χ4v) is 3.43. The van der Waals surface area contributed by atoms with Crippen molar-refractivity contribution < 1.29 is 19.1 Å². The summed E-state index contributed by atoms with van der Waals surface area (Å²) in [6.45, 7) is 0.578. The summed E-state index contributed by atoms with van der Waals surface area (Å²) < 4.78 is 5.18. The van der Waals surface area contributed by atoms with Crippen LogP contribution in [0.2, 0.25) is 0 Å². The van der Waals surface area contributed by atoms with Gasteiger partial charge in [0.15, 0.2) is 0 Å². The largest absolute Gasteiger partial charge is 0.497 e. The van der Waals surface area contributed by atoms with Gasteiger partial charge in [-0.1, -0.05) is 31.0 Å². The van der Waals surface area contributed by atoms with Gasteiger partial charge in [0.2, 0.25) is 11.8 Å². The second kappa shape index (κ2) is 10.4. The maximum absolute atomic E-state index is 12.8. The number of hydrogen-bond donors (Lipinski definition) is 2. The minimum absolute atomic E-state index is 0.00824. The first kappa shape index (κ1) is 21.4. The van der Waals surface area contributed by atoms with E-state index >= 15 is 0 Å². The van der Waals surface area contributed by atoms with E-state index in [0.29, 0.717) is 35.7 Å². The van der Waals surface area contributed by atoms with Crippen molar-refractivity contribution in [1.82, 2.24) is 4.90 Å². The molecule has 0 radical (unpaired) electrons. The van der Waals surface area contributed by atoms with Crippen molar-refractivity contribution in [2.24, 2.45) is 0 Å². The Balaban J connectivity index is 1.67. The Hall–Kier alpha value is -3.35. The van der Waals surface area contributed by atoms with E-state index in [1.54, 1.807) is 60.5 Å². The molecule has 2 aromatic rings. The van der Waals surface area contributed by atoms with Crippen molar-refractivity contribution in [3.8, 4) is 5.75 Å². The summed E-state index contributed by atoms with van der Waals surface area (Å²) >= 11 is 0. The maximum Gasteiger partial charge on any atom is 0.257 e. The highest BCUT2D eigenvalue weighted by atomic mass is 16.5. The van der Waals surface area contributed by atoms with Crippen LogP contribution in [0.1, 0.15) is 42.5 Å². The van der Waals surface area contributed by atoms with Crippen LogP contribution in [0, 0.1) is 0 Å². The van der Waals surface area contributed by atoms with Gasteiger partial charge in [-0.2, -0.15) is 0 Å². The van der Waals surface area contributed by atoms with Crippen LogP contribution in [0.15, 0.2) is 48.5 Å². The van der Waals surface area contributed by atoms with Crippen LogP contribution >= 0.6 is 0 Å². The molecule has 2 N–H and O–H groups in total. The quantitative estimate of drug-likeness (QED) is 0.762. The molecule has 3 amide bonds. The summed E-state index contributed by atoms with van der Waals surface area (Å²) in [6, 6.07) is 13.8. The molecule has 7 nitrogen and oxygen atoms in total. The lowest BCUT2D eigenvalue weighted by Crippen LogP contribution is -2.39. The molecular weight excluding hydrogens is 382 g/mol. The number of para-hydroxylation sites is 1. The number of nitrogens with one attached hydrogen (secondary N) is 2. The Kier molecular flexibility index (Phi) is 7.43. The van der Waals surface area contributed by atoms with Crippen molar-refractivity contribution in [1.29, 1.82) is 0 Å². The Bertz CT molecular complexity index is 913. The third-order valence-corrected chi connectivity index (χ3v) is 5.03. The molecule has 1 aliphatic rings. The molecule has 0 unspecified atom stereocenters. The molecule has 1 heterocycles. The summed E-state index contributed by atoms with van der Waals surface area (Å²) in [6.07, 6.45) is 4.37. The smallest absolute Gasteiger partial charge is 0.257 e. The van der Waals surface area contributed by atoms with E-state index in [2.05, 4.69) is 10.6 Å². The Morgan fingerprint density at radius 1 is 1.00 bits per heavy atom. The first-order chi connectivity index (χ1) is 14.6. The molecule has 3 rings (SSSR count). The number of ether oxygens (including phenoxy) is 1. The fourth-order valence-electron chi connectivity index (χ4n) is 3.43. The van der Waals surface area contributed by atoms with Crippen molar-refractivity contribution in [3.63, 3.8) is 0 Å². The zero-order valence-electron chi connectivity index (χ0n) is 17.1. The van der Waals surface area contributed by atoms with Gasteiger partial charge >= 0.3 is 0 Å². The molecule has 1 aliphatic heterocycles. The SMILES string of the molecule is COc1cccc(NC(=O)c2ccccc2NC(=O)CN2CCCCCCC2=O)c1. The van der Waals surface area contributed by atoms with Crippen LogP contribution in [0.4, 0.5) is 11.4 Å². The highest BCUT2D eigenvalue weighted by molar-refractivity contribution is 6.10. The van der Waals surface area contributed by atoms with Gasteiger partial charge in [0.25, 0.3) is 5.91 Å². The van der Waals surface area contributed by atoms with Crippen molar-refractivity contribution in [2.75, 3.05) is 30.8 Å². The molecule has 0 saturated carbocycles. The van der Waals surface area contributed by atoms with Gasteiger partial charge in [0.05, 0.1) is 24.9 Å². The van der Waals surface area contributed by atoms with E-state index in [9.17, 15) is 14.4 Å². The fraction of sp³-hybridized carbons (Fsp3) is 0.348. The average Bonchev–Trinajstić information content (AvgIpc) is 2.74. The van der Waals surface area contributed by atoms with E-state index in [1.165, 1.54) is 0 Å². The molecule has 0 atom stereocenters. The van der Waals surface area contributed by atoms with Crippen molar-refractivity contribution >= 4 is 29.1 Å². The van der Waals surface area contributed by atoms with E-state index < -0.39 is 0 Å². The monoisotopic (exact) mass is 409 g/mol. The van der Waals surface area contributed by atoms with Gasteiger partial charge in [-0.15, -0.1) is 0 Å². The lowest BCUT2D eigenvalue weighted by atomic mass is 10.1. The molecular formula is C23H27N3O4. The van der Waals surface area contributed by atoms with Gasteiger partial charge in [0, 0.05) is 24.7 Å². The number of carbonyl (C=O) groups excluding carboxylic acids is 3. The minimum atomic E-state index is -0.346. The molecule has 158 valence electrons. The summed E-state index contributed by atoms with van der Waals surface area (Å²) in [4.78, 5) is 39.2. The van der Waals surface area contributed by atoms with Crippen molar-refractivity contribution in [3.05, 3.63) is 54.1 Å². The second-order valence-electron chi connectivity index (χ2n) is 7.26. The summed E-state index contributed by atoms with van der Waals surface area (Å²) in [7, 11) is 1.56. The summed E-state index contributed by atoms with van der Waals surface area (Å²) in [5.41, 5.74) is 1.33. The molecule has 1 fully saturated rings. The van der Waals surface area contributed by atoms with E-state index in [-0.39, 0.29) is 24.3 Å². The van der Waals surface area contributed by atoms with E-state index in [0.717, 1.165) is 25.7 Å². The normalized spacial score (nSPS) is 14.4. The number of benzene rings is 2. The van der Waals surface area contributed by atoms with Crippen molar-refractivity contribution in [2.45, 2.75) is 32.1 Å². The number of carbonyl (C=O) groups is 3. The number of likely N-dealkylation sites (tertiary alicyclic amines) is 1. The van der Waals surface area contributed by atoms with Crippen LogP contribution in [0.3, 0.4) is 0 Å². The number of anilines is 2. The highest BCUT2D eigenvalue weighted by Crippen LogP contribution is 2.21. The van der Waals surface area contributed by atoms with Crippen LogP contribution in [-0.2, 0) is 9.59 Å². The third-order valence-electron chi connectivity index (χ3n) is 5.03. The zero-order valence-corrected chi connectivity index (χ0v) is 17.1. The Morgan fingerprint density at radius 3 is 2.63 bits per heavy atom. The predicted octanol–water partition coefficient (Wildman–Crippen LogP) is 3.68. The first-order valence-corrected chi connectivity index (χ1v) is 10.2. The van der Waals surface area contributed by atoms with Crippen LogP contribution in [-0.4, -0.2) is 42.8 Å². The van der Waals surface area contributed by atoms with Crippen LogP contribution in [0.5, 0.6) is 5.75 Å². The van der Waals surface area contributed by atoms with Crippen LogP contribution in [0.25, 0.3) is 0 Å². The second-order valence-corrected chi connectivity index (χ2v) is 7.26. The molecule has 2 aromatic carbocycles. The van der Waals surface area contributed by atoms with Crippen LogP contribution < -0.4 is 15.4 Å². The van der Waals surface area contributed by atoms with Gasteiger partial charge in [-0.25, -0.2) is 0 Å². The molecule has 0 aromatic heterocycles. The van der Waals surface area contributed by atoms with E-state index in [1.807, 2.05) is 0 Å². The number of rotatable bonds is 6. The Morgan fingerprint density at radius 2 is 1.80 bits per heavy atom. The molecule has 0 aliphatic carbocycles. The average molecular weight is 409 g/mol. The van der Waals surface area contributed by atoms with Gasteiger partial charge < -0.3 is 20.3 Å².